The number of fused-ring (bicyclic) bond motifs is 3. The zero-order valence-electron chi connectivity index (χ0n) is 11.7. The molecular formula is C17H18N2OS. The number of aryl methyl sites for hydroxylation is 1. The number of aromatic amines is 1. The Kier molecular flexibility index (Phi) is 4.15. The van der Waals surface area contributed by atoms with E-state index in [-0.39, 0.29) is 11.7 Å². The van der Waals surface area contributed by atoms with Gasteiger partial charge in [0.25, 0.3) is 0 Å². The van der Waals surface area contributed by atoms with Crippen molar-refractivity contribution >= 4 is 40.3 Å². The summed E-state index contributed by atoms with van der Waals surface area (Å²) in [6.07, 6.45) is 1.87. The van der Waals surface area contributed by atoms with Gasteiger partial charge >= 0.3 is 0 Å². The summed E-state index contributed by atoms with van der Waals surface area (Å²) < 4.78 is 0. The van der Waals surface area contributed by atoms with Gasteiger partial charge in [-0.2, -0.15) is 12.6 Å². The third-order valence-electron chi connectivity index (χ3n) is 3.72. The van der Waals surface area contributed by atoms with Crippen LogP contribution in [0.15, 0.2) is 42.5 Å². The first-order valence-corrected chi connectivity index (χ1v) is 7.78. The minimum atomic E-state index is -0.0119. The van der Waals surface area contributed by atoms with Gasteiger partial charge in [0, 0.05) is 28.4 Å². The van der Waals surface area contributed by atoms with Gasteiger partial charge in [0.1, 0.15) is 0 Å². The maximum atomic E-state index is 11.2. The smallest absolute Gasteiger partial charge is 0.229 e. The molecule has 0 aliphatic rings. The first kappa shape index (κ1) is 14.0. The monoisotopic (exact) mass is 298 g/mol. The van der Waals surface area contributed by atoms with Crippen LogP contribution in [0.1, 0.15) is 12.0 Å². The normalized spacial score (nSPS) is 11.1. The number of rotatable bonds is 5. The number of carbonyl (C=O) groups is 1. The Morgan fingerprint density at radius 2 is 1.90 bits per heavy atom. The van der Waals surface area contributed by atoms with Gasteiger partial charge in [-0.15, -0.1) is 0 Å². The fourth-order valence-electron chi connectivity index (χ4n) is 2.70. The number of H-pyrrole nitrogens is 1. The first-order chi connectivity index (χ1) is 10.3. The van der Waals surface area contributed by atoms with Crippen molar-refractivity contribution in [3.63, 3.8) is 0 Å². The maximum Gasteiger partial charge on any atom is 0.229 e. The van der Waals surface area contributed by atoms with Crippen LogP contribution >= 0.6 is 12.6 Å². The molecular weight excluding hydrogens is 280 g/mol. The lowest BCUT2D eigenvalue weighted by Crippen LogP contribution is -2.25. The lowest BCUT2D eigenvalue weighted by atomic mass is 10.1. The molecule has 108 valence electrons. The second kappa shape index (κ2) is 6.22. The van der Waals surface area contributed by atoms with E-state index in [0.29, 0.717) is 6.54 Å². The van der Waals surface area contributed by atoms with Crippen molar-refractivity contribution in [3.05, 3.63) is 48.0 Å². The molecule has 0 bridgehead atoms. The zero-order chi connectivity index (χ0) is 14.7. The molecule has 3 aromatic rings. The van der Waals surface area contributed by atoms with Crippen molar-refractivity contribution in [1.29, 1.82) is 0 Å². The number of nitrogens with one attached hydrogen (secondary N) is 2. The van der Waals surface area contributed by atoms with E-state index >= 15 is 0 Å². The van der Waals surface area contributed by atoms with E-state index in [0.717, 1.165) is 12.8 Å². The molecule has 0 atom stereocenters. The molecule has 0 unspecified atom stereocenters. The molecule has 1 heterocycles. The summed E-state index contributed by atoms with van der Waals surface area (Å²) in [5.41, 5.74) is 3.67. The van der Waals surface area contributed by atoms with Gasteiger partial charge in [-0.3, -0.25) is 4.79 Å². The summed E-state index contributed by atoms with van der Waals surface area (Å²) in [6.45, 7) is 0.690. The first-order valence-electron chi connectivity index (χ1n) is 7.15. The Hall–Kier alpha value is -1.94. The number of benzene rings is 2. The number of hydrogen-bond donors (Lipinski definition) is 3. The standard InChI is InChI=1S/C17H18N2OS/c20-16(11-21)18-10-4-6-12-5-3-8-14-13-7-1-2-9-15(13)19-17(12)14/h1-3,5,7-9,19,21H,4,6,10-11H2,(H,18,20). The second-order valence-corrected chi connectivity index (χ2v) is 5.44. The van der Waals surface area contributed by atoms with Gasteiger partial charge in [-0.1, -0.05) is 36.4 Å². The van der Waals surface area contributed by atoms with E-state index in [1.54, 1.807) is 0 Å². The molecule has 3 nitrogen and oxygen atoms in total. The second-order valence-electron chi connectivity index (χ2n) is 5.12. The molecule has 3 rings (SSSR count). The summed E-state index contributed by atoms with van der Waals surface area (Å²) in [5.74, 6) is 0.236. The highest BCUT2D eigenvalue weighted by atomic mass is 32.1. The molecule has 2 aromatic carbocycles. The minimum Gasteiger partial charge on any atom is -0.355 e. The van der Waals surface area contributed by atoms with Crippen molar-refractivity contribution in [1.82, 2.24) is 10.3 Å². The average Bonchev–Trinajstić information content (AvgIpc) is 2.90. The SMILES string of the molecule is O=C(CS)NCCCc1cccc2c1[nH]c1ccccc12. The Balaban J connectivity index is 1.81. The number of thiol groups is 1. The molecule has 1 aromatic heterocycles. The van der Waals surface area contributed by atoms with Gasteiger partial charge in [0.15, 0.2) is 0 Å². The highest BCUT2D eigenvalue weighted by Crippen LogP contribution is 2.27. The van der Waals surface area contributed by atoms with Crippen LogP contribution in [0, 0.1) is 0 Å². The Morgan fingerprint density at radius 1 is 1.10 bits per heavy atom. The van der Waals surface area contributed by atoms with Crippen LogP contribution in [0.5, 0.6) is 0 Å². The molecule has 0 aliphatic carbocycles. The number of carbonyl (C=O) groups excluding carboxylic acids is 1. The van der Waals surface area contributed by atoms with Crippen LogP contribution in [0.4, 0.5) is 0 Å². The molecule has 0 saturated heterocycles. The fourth-order valence-corrected chi connectivity index (χ4v) is 2.82. The number of hydrogen-bond acceptors (Lipinski definition) is 2. The van der Waals surface area contributed by atoms with Crippen LogP contribution in [-0.4, -0.2) is 23.2 Å². The molecule has 0 aliphatic heterocycles. The van der Waals surface area contributed by atoms with Crippen LogP contribution < -0.4 is 5.32 Å². The maximum absolute atomic E-state index is 11.2. The van der Waals surface area contributed by atoms with Crippen molar-refractivity contribution < 1.29 is 4.79 Å². The molecule has 21 heavy (non-hydrogen) atoms. The number of amides is 1. The Morgan fingerprint density at radius 3 is 2.76 bits per heavy atom. The Labute approximate surface area is 129 Å². The van der Waals surface area contributed by atoms with E-state index in [1.807, 2.05) is 6.07 Å². The highest BCUT2D eigenvalue weighted by Gasteiger charge is 2.07. The van der Waals surface area contributed by atoms with Gasteiger partial charge < -0.3 is 10.3 Å². The quantitative estimate of drug-likeness (QED) is 0.491. The summed E-state index contributed by atoms with van der Waals surface area (Å²) >= 11 is 3.95. The molecule has 2 N–H and O–H groups in total. The lowest BCUT2D eigenvalue weighted by molar-refractivity contribution is -0.118. The van der Waals surface area contributed by atoms with Crippen LogP contribution in [0.2, 0.25) is 0 Å². The van der Waals surface area contributed by atoms with E-state index < -0.39 is 0 Å². The van der Waals surface area contributed by atoms with Crippen molar-refractivity contribution in [3.8, 4) is 0 Å². The van der Waals surface area contributed by atoms with Crippen LogP contribution in [-0.2, 0) is 11.2 Å². The summed E-state index contributed by atoms with van der Waals surface area (Å²) in [5, 5.41) is 5.38. The number of aromatic nitrogens is 1. The van der Waals surface area contributed by atoms with Crippen LogP contribution in [0.25, 0.3) is 21.8 Å². The van der Waals surface area contributed by atoms with Crippen molar-refractivity contribution in [2.24, 2.45) is 0 Å². The van der Waals surface area contributed by atoms with Crippen molar-refractivity contribution in [2.75, 3.05) is 12.3 Å². The highest BCUT2D eigenvalue weighted by molar-refractivity contribution is 7.81. The van der Waals surface area contributed by atoms with Gasteiger partial charge in [-0.05, 0) is 24.5 Å². The Bertz CT molecular complexity index is 779. The fraction of sp³-hybridized carbons (Fsp3) is 0.235. The molecule has 0 saturated carbocycles. The largest absolute Gasteiger partial charge is 0.355 e. The summed E-state index contributed by atoms with van der Waals surface area (Å²) in [7, 11) is 0. The summed E-state index contributed by atoms with van der Waals surface area (Å²) in [4.78, 5) is 14.7. The molecule has 0 radical (unpaired) electrons. The third-order valence-corrected chi connectivity index (χ3v) is 4.00. The van der Waals surface area contributed by atoms with Crippen molar-refractivity contribution in [2.45, 2.75) is 12.8 Å². The zero-order valence-corrected chi connectivity index (χ0v) is 12.6. The minimum absolute atomic E-state index is 0.0119. The van der Waals surface area contributed by atoms with E-state index in [1.165, 1.54) is 27.4 Å². The van der Waals surface area contributed by atoms with Gasteiger partial charge in [-0.25, -0.2) is 0 Å². The van der Waals surface area contributed by atoms with E-state index in [2.05, 4.69) is 59.3 Å². The molecule has 4 heteroatoms. The average molecular weight is 298 g/mol. The molecule has 0 fully saturated rings. The van der Waals surface area contributed by atoms with Gasteiger partial charge in [0.05, 0.1) is 5.75 Å². The van der Waals surface area contributed by atoms with E-state index in [9.17, 15) is 4.79 Å². The summed E-state index contributed by atoms with van der Waals surface area (Å²) in [6, 6.07) is 14.8. The predicted molar refractivity (Wildman–Crippen MR) is 91.0 cm³/mol. The van der Waals surface area contributed by atoms with Gasteiger partial charge in [0.2, 0.25) is 5.91 Å². The van der Waals surface area contributed by atoms with Crippen LogP contribution in [0.3, 0.4) is 0 Å². The number of para-hydroxylation sites is 2. The molecule has 1 amide bonds. The van der Waals surface area contributed by atoms with E-state index in [4.69, 9.17) is 0 Å². The molecule has 0 spiro atoms. The third kappa shape index (κ3) is 2.90. The lowest BCUT2D eigenvalue weighted by Gasteiger charge is -2.05. The topological polar surface area (TPSA) is 44.9 Å². The predicted octanol–water partition coefficient (Wildman–Crippen LogP) is 3.30.